The molecule has 0 aromatic heterocycles. The zero-order chi connectivity index (χ0) is 18.1. The Bertz CT molecular complexity index is 632. The Balaban J connectivity index is 1.80. The van der Waals surface area contributed by atoms with Gasteiger partial charge < -0.3 is 10.1 Å². The van der Waals surface area contributed by atoms with Crippen LogP contribution in [-0.4, -0.2) is 18.2 Å². The van der Waals surface area contributed by atoms with Gasteiger partial charge in [-0.15, -0.1) is 11.1 Å². The molecule has 1 N–H and O–H groups in total. The Morgan fingerprint density at radius 1 is 1.44 bits per heavy atom. The average Bonchev–Trinajstić information content (AvgIpc) is 3.31. The summed E-state index contributed by atoms with van der Waals surface area (Å²) in [5, 5.41) is 2.98. The van der Waals surface area contributed by atoms with Crippen LogP contribution < -0.4 is 5.32 Å². The van der Waals surface area contributed by atoms with E-state index in [2.05, 4.69) is 11.9 Å². The number of alkyl carbamates (subject to hydrolysis) is 1. The van der Waals surface area contributed by atoms with Crippen molar-refractivity contribution in [3.8, 4) is 0 Å². The van der Waals surface area contributed by atoms with E-state index in [1.54, 1.807) is 12.7 Å². The molecule has 6 heteroatoms. The summed E-state index contributed by atoms with van der Waals surface area (Å²) in [4.78, 5) is 12.1. The van der Waals surface area contributed by atoms with Crippen LogP contribution in [0, 0.1) is 5.92 Å². The van der Waals surface area contributed by atoms with Gasteiger partial charge in [0.05, 0.1) is 5.54 Å². The molecule has 0 saturated heterocycles. The van der Waals surface area contributed by atoms with Gasteiger partial charge in [0.15, 0.2) is 5.82 Å². The molecule has 0 aliphatic heterocycles. The summed E-state index contributed by atoms with van der Waals surface area (Å²) in [6.07, 6.45) is 5.58. The van der Waals surface area contributed by atoms with Crippen LogP contribution in [0.4, 0.5) is 4.79 Å². The average molecular weight is 362 g/mol. The molecule has 1 saturated carbocycles. The molecular formula is C19H25NO4P+. The molecule has 1 fully saturated rings. The Hall–Kier alpha value is -1.97. The molecular weight excluding hydrogens is 337 g/mol. The summed E-state index contributed by atoms with van der Waals surface area (Å²) < 4.78 is 21.7. The Kier molecular flexibility index (Phi) is 7.35. The quantitative estimate of drug-likeness (QED) is 0.473. The number of amides is 1. The molecule has 3 atom stereocenters. The monoisotopic (exact) mass is 362 g/mol. The normalized spacial score (nSPS) is 22.4. The lowest BCUT2D eigenvalue weighted by molar-refractivity contribution is 0.133. The molecule has 2 rings (SSSR count). The van der Waals surface area contributed by atoms with Crippen molar-refractivity contribution in [2.45, 2.75) is 38.3 Å². The van der Waals surface area contributed by atoms with Crippen LogP contribution in [0.5, 0.6) is 0 Å². The van der Waals surface area contributed by atoms with Crippen molar-refractivity contribution in [2.75, 3.05) is 6.61 Å². The van der Waals surface area contributed by atoms with E-state index in [1.807, 2.05) is 42.5 Å². The number of nitrogens with one attached hydrogen (secondary N) is 1. The second kappa shape index (κ2) is 9.50. The molecule has 25 heavy (non-hydrogen) atoms. The van der Waals surface area contributed by atoms with E-state index in [1.165, 1.54) is 0 Å². The van der Waals surface area contributed by atoms with Crippen LogP contribution in [0.3, 0.4) is 0 Å². The van der Waals surface area contributed by atoms with Gasteiger partial charge in [0, 0.05) is 5.92 Å². The van der Waals surface area contributed by atoms with Crippen molar-refractivity contribution in [3.63, 3.8) is 0 Å². The van der Waals surface area contributed by atoms with Crippen molar-refractivity contribution in [2.24, 2.45) is 5.92 Å². The van der Waals surface area contributed by atoms with Crippen molar-refractivity contribution in [1.29, 1.82) is 0 Å². The summed E-state index contributed by atoms with van der Waals surface area (Å²) in [5.41, 5.74) is 0.641. The molecule has 1 aromatic rings. The van der Waals surface area contributed by atoms with Gasteiger partial charge in [0.25, 0.3) is 0 Å². The molecule has 1 amide bonds. The highest BCUT2D eigenvalue weighted by molar-refractivity contribution is 7.42. The Labute approximate surface area is 150 Å². The molecule has 0 bridgehead atoms. The van der Waals surface area contributed by atoms with E-state index < -0.39 is 14.1 Å². The maximum absolute atomic E-state index is 12.1. The van der Waals surface area contributed by atoms with E-state index in [0.717, 1.165) is 18.4 Å². The van der Waals surface area contributed by atoms with Crippen LogP contribution in [0.15, 0.2) is 54.9 Å². The van der Waals surface area contributed by atoms with Gasteiger partial charge in [-0.05, 0) is 42.4 Å². The Morgan fingerprint density at radius 3 is 2.84 bits per heavy atom. The van der Waals surface area contributed by atoms with Crippen molar-refractivity contribution in [1.82, 2.24) is 5.32 Å². The van der Waals surface area contributed by atoms with E-state index in [-0.39, 0.29) is 18.1 Å². The van der Waals surface area contributed by atoms with Crippen LogP contribution in [0.25, 0.3) is 0 Å². The largest absolute Gasteiger partial charge is 0.540 e. The molecule has 1 aromatic carbocycles. The number of hydrogen-bond donors (Lipinski definition) is 1. The van der Waals surface area contributed by atoms with E-state index in [0.29, 0.717) is 13.0 Å². The first-order chi connectivity index (χ1) is 12.1. The van der Waals surface area contributed by atoms with Crippen LogP contribution in [-0.2, 0) is 20.4 Å². The lowest BCUT2D eigenvalue weighted by Gasteiger charge is -2.18. The second-order valence-corrected chi connectivity index (χ2v) is 7.14. The van der Waals surface area contributed by atoms with Crippen LogP contribution >= 0.6 is 8.03 Å². The zero-order valence-corrected chi connectivity index (χ0v) is 15.4. The van der Waals surface area contributed by atoms with Gasteiger partial charge in [0.2, 0.25) is 0 Å². The van der Waals surface area contributed by atoms with Gasteiger partial charge in [-0.25, -0.2) is 4.79 Å². The van der Waals surface area contributed by atoms with Crippen LogP contribution in [0.2, 0.25) is 0 Å². The Morgan fingerprint density at radius 2 is 2.20 bits per heavy atom. The first-order valence-electron chi connectivity index (χ1n) is 8.47. The minimum Gasteiger partial charge on any atom is -0.445 e. The van der Waals surface area contributed by atoms with Gasteiger partial charge in [0.1, 0.15) is 13.2 Å². The highest BCUT2D eigenvalue weighted by Crippen LogP contribution is 2.48. The fourth-order valence-corrected chi connectivity index (χ4v) is 3.43. The van der Waals surface area contributed by atoms with Gasteiger partial charge in [-0.2, -0.15) is 0 Å². The van der Waals surface area contributed by atoms with E-state index in [4.69, 9.17) is 9.26 Å². The molecule has 0 spiro atoms. The summed E-state index contributed by atoms with van der Waals surface area (Å²) in [5.74, 6) is 1.82. The number of carbonyl (C=O) groups is 1. The minimum absolute atomic E-state index is 0.242. The molecule has 0 heterocycles. The topological polar surface area (TPSA) is 64.6 Å². The lowest BCUT2D eigenvalue weighted by Crippen LogP contribution is -2.38. The van der Waals surface area contributed by atoms with Gasteiger partial charge >= 0.3 is 14.1 Å². The third-order valence-electron chi connectivity index (χ3n) is 4.22. The van der Waals surface area contributed by atoms with Crippen LogP contribution in [0.1, 0.15) is 31.7 Å². The molecule has 1 aliphatic rings. The maximum Gasteiger partial charge on any atom is 0.540 e. The van der Waals surface area contributed by atoms with Crippen molar-refractivity contribution < 1.29 is 18.6 Å². The van der Waals surface area contributed by atoms with Crippen molar-refractivity contribution >= 4 is 14.1 Å². The number of ether oxygens (including phenoxy) is 1. The number of benzene rings is 1. The summed E-state index contributed by atoms with van der Waals surface area (Å²) in [7, 11) is -1.73. The number of hydrogen-bond acceptors (Lipinski definition) is 4. The highest BCUT2D eigenvalue weighted by atomic mass is 31.1. The third kappa shape index (κ3) is 6.11. The lowest BCUT2D eigenvalue weighted by atomic mass is 10.1. The number of allylic oxidation sites excluding steroid dienone is 1. The second-order valence-electron chi connectivity index (χ2n) is 6.02. The fraction of sp³-hybridized carbons (Fsp3) is 0.421. The first-order valence-corrected chi connectivity index (χ1v) is 9.71. The summed E-state index contributed by atoms with van der Waals surface area (Å²) in [6.45, 7) is 6.30. The third-order valence-corrected chi connectivity index (χ3v) is 5.19. The fourth-order valence-electron chi connectivity index (χ4n) is 2.77. The molecule has 0 radical (unpaired) electrons. The zero-order valence-electron chi connectivity index (χ0n) is 14.5. The van der Waals surface area contributed by atoms with E-state index >= 15 is 0 Å². The molecule has 134 valence electrons. The van der Waals surface area contributed by atoms with Gasteiger partial charge in [-0.3, -0.25) is 0 Å². The maximum atomic E-state index is 12.1. The molecule has 1 aliphatic carbocycles. The number of carbonyl (C=O) groups excluding carboxylic acids is 1. The van der Waals surface area contributed by atoms with E-state index in [9.17, 15) is 9.36 Å². The predicted molar refractivity (Wildman–Crippen MR) is 98.4 cm³/mol. The SMILES string of the molecule is C=CC1CC1(CCC=C[P+](=O)OCC)NC(=O)OCc1ccccc1. The predicted octanol–water partition coefficient (Wildman–Crippen LogP) is 4.93. The standard InChI is InChI=1S/C19H24NO4P/c1-3-17-14-19(17,12-8-9-13-25(22)24-4-2)20-18(21)23-15-16-10-6-5-7-11-16/h3,5-7,9-11,13,17H,1,4,8,12,14-15H2,2H3/p+1. The first kappa shape index (κ1) is 19.4. The summed E-state index contributed by atoms with van der Waals surface area (Å²) in [6, 6.07) is 9.57. The highest BCUT2D eigenvalue weighted by Gasteiger charge is 2.53. The smallest absolute Gasteiger partial charge is 0.445 e. The number of rotatable bonds is 10. The minimum atomic E-state index is -1.73. The summed E-state index contributed by atoms with van der Waals surface area (Å²) >= 11 is 0. The van der Waals surface area contributed by atoms with Gasteiger partial charge in [-0.1, -0.05) is 36.4 Å². The van der Waals surface area contributed by atoms with Crippen molar-refractivity contribution in [3.05, 3.63) is 60.4 Å². The molecule has 3 unspecified atom stereocenters. The molecule has 5 nitrogen and oxygen atoms in total.